The van der Waals surface area contributed by atoms with Crippen molar-refractivity contribution in [3.63, 3.8) is 0 Å². The van der Waals surface area contributed by atoms with Crippen molar-refractivity contribution in [3.8, 4) is 124 Å². The first-order chi connectivity index (χ1) is 52.0. The second-order valence-electron chi connectivity index (χ2n) is 25.6. The summed E-state index contributed by atoms with van der Waals surface area (Å²) in [5.41, 5.74) is 25.2. The molecule has 0 aliphatic carbocycles. The van der Waals surface area contributed by atoms with Crippen LogP contribution in [0, 0.1) is 13.8 Å². The van der Waals surface area contributed by atoms with Crippen molar-refractivity contribution in [2.45, 2.75) is 13.8 Å². The van der Waals surface area contributed by atoms with Gasteiger partial charge in [-0.15, -0.1) is 0 Å². The van der Waals surface area contributed by atoms with E-state index in [1.807, 2.05) is 195 Å². The lowest BCUT2D eigenvalue weighted by molar-refractivity contribution is 0.426. The van der Waals surface area contributed by atoms with Crippen molar-refractivity contribution < 1.29 is 10.0 Å². The van der Waals surface area contributed by atoms with Gasteiger partial charge in [0.05, 0.1) is 61.3 Å². The molecule has 0 saturated carbocycles. The van der Waals surface area contributed by atoms with Crippen LogP contribution < -0.4 is 5.46 Å². The highest BCUT2D eigenvalue weighted by Crippen LogP contribution is 2.38. The Balaban J connectivity index is 0.000000134. The first-order valence-corrected chi connectivity index (χ1v) is 35.1. The molecule has 8 aromatic heterocycles. The summed E-state index contributed by atoms with van der Waals surface area (Å²) in [5, 5.41) is 23.9. The van der Waals surface area contributed by atoms with Crippen molar-refractivity contribution in [3.05, 3.63) is 357 Å². The number of halogens is 1. The average Bonchev–Trinajstić information content (AvgIpc) is 0.758. The second-order valence-corrected chi connectivity index (χ2v) is 26.0. The summed E-state index contributed by atoms with van der Waals surface area (Å²) in [7, 11) is -1.51. The molecule has 0 fully saturated rings. The van der Waals surface area contributed by atoms with Gasteiger partial charge >= 0.3 is 7.12 Å². The molecule has 18 aromatic rings. The molecule has 0 aliphatic rings. The third-order valence-corrected chi connectivity index (χ3v) is 18.7. The van der Waals surface area contributed by atoms with E-state index in [1.165, 1.54) is 0 Å². The predicted octanol–water partition coefficient (Wildman–Crippen LogP) is 20.9. The number of aryl methyl sites for hydroxylation is 2. The maximum absolute atomic E-state index is 9.54. The summed E-state index contributed by atoms with van der Waals surface area (Å²) < 4.78 is 0. The largest absolute Gasteiger partial charge is 0.488 e. The average molecular weight is 1390 g/mol. The predicted molar refractivity (Wildman–Crippen MR) is 431 cm³/mol. The number of aromatic nitrogens is 10. The Labute approximate surface area is 618 Å². The molecule has 18 rings (SSSR count). The molecular weight excluding hydrogens is 1320 g/mol. The number of pyridine rings is 6. The molecule has 12 nitrogen and oxygen atoms in total. The van der Waals surface area contributed by atoms with E-state index in [4.69, 9.17) is 46.5 Å². The summed E-state index contributed by atoms with van der Waals surface area (Å²) in [6.07, 6.45) is 7.15. The minimum Gasteiger partial charge on any atom is -0.423 e. The molecule has 8 heterocycles. The zero-order valence-electron chi connectivity index (χ0n) is 57.7. The van der Waals surface area contributed by atoms with Crippen LogP contribution in [0.5, 0.6) is 0 Å². The van der Waals surface area contributed by atoms with Gasteiger partial charge in [-0.2, -0.15) is 0 Å². The standard InChI is InChI=1S/C46H31N5.C27H20BN3O2.C19H13ClN2/c1-30-25-40(39-22-20-33-21-23-41(31-11-4-2-5-12-31)49-44(33)45(39)48-30)36-17-8-15-34(26-36)35-16-9-18-37(27-35)46-50-42(32-13-6-3-7-14-32)28-43(51-46)38-19-10-24-47-29-38;32-28(33)24-13-5-10-21(16-24)20-9-4-11-22(15-20)27-30-25(19-7-2-1-3-8-19)17-26(31-27)23-12-6-14-29-18-23;1-12-11-16(20)15-9-7-14-8-10-17(13-5-3-2-4-6-13)22-18(14)19(15)21-12/h2-29H,1H3;1-18,32-33H;2-11H,1H3. The Morgan fingerprint density at radius 3 is 1.08 bits per heavy atom. The van der Waals surface area contributed by atoms with E-state index in [-0.39, 0.29) is 0 Å². The molecule has 10 aromatic carbocycles. The van der Waals surface area contributed by atoms with Gasteiger partial charge in [0.1, 0.15) is 0 Å². The van der Waals surface area contributed by atoms with Gasteiger partial charge in [0.2, 0.25) is 0 Å². The van der Waals surface area contributed by atoms with E-state index in [2.05, 4.69) is 143 Å². The monoisotopic (exact) mass is 1390 g/mol. The molecule has 0 amide bonds. The third-order valence-electron chi connectivity index (χ3n) is 18.4. The van der Waals surface area contributed by atoms with E-state index < -0.39 is 7.12 Å². The van der Waals surface area contributed by atoms with E-state index in [0.29, 0.717) is 17.1 Å². The molecule has 0 unspecified atom stereocenters. The van der Waals surface area contributed by atoms with E-state index in [9.17, 15) is 10.0 Å². The Bertz CT molecular complexity index is 6110. The van der Waals surface area contributed by atoms with Gasteiger partial charge in [0.25, 0.3) is 0 Å². The smallest absolute Gasteiger partial charge is 0.423 e. The molecule has 0 spiro atoms. The first-order valence-electron chi connectivity index (χ1n) is 34.7. The SMILES string of the molecule is Cc1cc(-c2cccc(-c3cccc(-c4nc(-c5ccccc5)cc(-c5cccnc5)n4)c3)c2)c2ccc3ccc(-c4ccccc4)nc3c2n1.Cc1cc(Cl)c2ccc3ccc(-c4ccccc4)nc3c2n1.OB(O)c1cccc(-c2cccc(-c3nc(-c4ccccc4)cc(-c4cccnc4)n3)c2)c1. The molecule has 0 atom stereocenters. The van der Waals surface area contributed by atoms with Gasteiger partial charge in [0.15, 0.2) is 11.6 Å². The molecular formula is C92H64BClN10O2. The Hall–Kier alpha value is -13.4. The van der Waals surface area contributed by atoms with Crippen molar-refractivity contribution in [2.24, 2.45) is 0 Å². The van der Waals surface area contributed by atoms with Gasteiger partial charge in [-0.3, -0.25) is 19.9 Å². The van der Waals surface area contributed by atoms with Gasteiger partial charge < -0.3 is 10.0 Å². The fourth-order valence-electron chi connectivity index (χ4n) is 13.1. The summed E-state index contributed by atoms with van der Waals surface area (Å²) in [5.74, 6) is 1.27. The summed E-state index contributed by atoms with van der Waals surface area (Å²) in [6.45, 7) is 4.00. The van der Waals surface area contributed by atoms with Crippen molar-refractivity contribution in [1.82, 2.24) is 49.8 Å². The van der Waals surface area contributed by atoms with E-state index in [1.54, 1.807) is 30.7 Å². The van der Waals surface area contributed by atoms with Crippen LogP contribution in [-0.4, -0.2) is 67.0 Å². The van der Waals surface area contributed by atoms with Crippen LogP contribution in [0.2, 0.25) is 5.02 Å². The summed E-state index contributed by atoms with van der Waals surface area (Å²) in [6, 6.07) is 106. The molecule has 0 aliphatic heterocycles. The second kappa shape index (κ2) is 30.3. The maximum Gasteiger partial charge on any atom is 0.488 e. The summed E-state index contributed by atoms with van der Waals surface area (Å²) >= 11 is 6.35. The lowest BCUT2D eigenvalue weighted by atomic mass is 9.79. The van der Waals surface area contributed by atoms with E-state index >= 15 is 0 Å². The van der Waals surface area contributed by atoms with Gasteiger partial charge in [-0.1, -0.05) is 248 Å². The van der Waals surface area contributed by atoms with Gasteiger partial charge in [0, 0.05) is 102 Å². The summed E-state index contributed by atoms with van der Waals surface area (Å²) in [4.78, 5) is 48.0. The van der Waals surface area contributed by atoms with Gasteiger partial charge in [-0.25, -0.2) is 29.9 Å². The number of benzene rings is 10. The highest BCUT2D eigenvalue weighted by atomic mass is 35.5. The minimum absolute atomic E-state index is 0.444. The zero-order valence-corrected chi connectivity index (χ0v) is 58.4. The van der Waals surface area contributed by atoms with Crippen LogP contribution in [0.1, 0.15) is 11.4 Å². The van der Waals surface area contributed by atoms with Crippen LogP contribution in [-0.2, 0) is 0 Å². The molecule has 504 valence electrons. The molecule has 2 N–H and O–H groups in total. The van der Waals surface area contributed by atoms with Crippen LogP contribution in [0.3, 0.4) is 0 Å². The maximum atomic E-state index is 9.54. The number of hydrogen-bond acceptors (Lipinski definition) is 12. The number of fused-ring (bicyclic) bond motifs is 6. The van der Waals surface area contributed by atoms with Crippen molar-refractivity contribution in [2.75, 3.05) is 0 Å². The Morgan fingerprint density at radius 2 is 0.623 bits per heavy atom. The molecule has 14 heteroatoms. The topological polar surface area (TPSA) is 169 Å². The lowest BCUT2D eigenvalue weighted by Crippen LogP contribution is -2.29. The molecule has 0 bridgehead atoms. The number of nitrogens with zero attached hydrogens (tertiary/aromatic N) is 10. The zero-order chi connectivity index (χ0) is 71.9. The van der Waals surface area contributed by atoms with E-state index in [0.717, 1.165) is 172 Å². The van der Waals surface area contributed by atoms with Crippen LogP contribution in [0.25, 0.3) is 167 Å². The molecule has 0 saturated heterocycles. The van der Waals surface area contributed by atoms with Crippen LogP contribution in [0.15, 0.2) is 340 Å². The first kappa shape index (κ1) is 67.1. The Kier molecular flexibility index (Phi) is 19.1. The molecule has 106 heavy (non-hydrogen) atoms. The fraction of sp³-hybridized carbons (Fsp3) is 0.0217. The number of rotatable bonds is 12. The normalized spacial score (nSPS) is 11.1. The van der Waals surface area contributed by atoms with Crippen molar-refractivity contribution >= 4 is 67.8 Å². The quantitative estimate of drug-likeness (QED) is 0.0878. The fourth-order valence-corrected chi connectivity index (χ4v) is 13.4. The minimum atomic E-state index is -1.51. The van der Waals surface area contributed by atoms with Crippen LogP contribution >= 0.6 is 11.6 Å². The third kappa shape index (κ3) is 14.7. The highest BCUT2D eigenvalue weighted by molar-refractivity contribution is 6.58. The Morgan fingerprint density at radius 1 is 0.264 bits per heavy atom. The van der Waals surface area contributed by atoms with Crippen molar-refractivity contribution in [1.29, 1.82) is 0 Å². The number of hydrogen-bond donors (Lipinski definition) is 2. The van der Waals surface area contributed by atoms with Crippen LogP contribution in [0.4, 0.5) is 0 Å². The van der Waals surface area contributed by atoms with Gasteiger partial charge in [-0.05, 0) is 132 Å². The highest BCUT2D eigenvalue weighted by Gasteiger charge is 2.19. The molecule has 0 radical (unpaired) electrons. The lowest BCUT2D eigenvalue weighted by Gasteiger charge is -2.13.